The van der Waals surface area contributed by atoms with Crippen molar-refractivity contribution in [3.8, 4) is 17.5 Å². The number of benzene rings is 2. The number of rotatable bonds is 4. The van der Waals surface area contributed by atoms with E-state index in [-0.39, 0.29) is 0 Å². The molecule has 2 aromatic carbocycles. The molecule has 138 valence electrons. The van der Waals surface area contributed by atoms with E-state index >= 15 is 0 Å². The van der Waals surface area contributed by atoms with Crippen LogP contribution in [0.4, 0.5) is 0 Å². The highest BCUT2D eigenvalue weighted by Crippen LogP contribution is 2.25. The Balaban J connectivity index is 1.79. The lowest BCUT2D eigenvalue weighted by atomic mass is 10.1. The highest BCUT2D eigenvalue weighted by molar-refractivity contribution is 5.90. The molecule has 4 aromatic rings. The Labute approximate surface area is 163 Å². The Morgan fingerprint density at radius 1 is 1.18 bits per heavy atom. The maximum absolute atomic E-state index is 9.75. The number of methoxy groups -OCH3 is 1. The van der Waals surface area contributed by atoms with Gasteiger partial charge < -0.3 is 14.3 Å². The highest BCUT2D eigenvalue weighted by Gasteiger charge is 2.11. The summed E-state index contributed by atoms with van der Waals surface area (Å²) in [5, 5.41) is 9.75. The summed E-state index contributed by atoms with van der Waals surface area (Å²) in [5.74, 6) is 1.29. The van der Waals surface area contributed by atoms with Crippen LogP contribution in [0.5, 0.6) is 5.75 Å². The van der Waals surface area contributed by atoms with Crippen molar-refractivity contribution in [2.24, 2.45) is 0 Å². The number of aromatic nitrogens is 3. The van der Waals surface area contributed by atoms with Crippen molar-refractivity contribution in [3.05, 3.63) is 77.4 Å². The lowest BCUT2D eigenvalue weighted by Gasteiger charge is -2.12. The molecule has 5 nitrogen and oxygen atoms in total. The zero-order chi connectivity index (χ0) is 19.7. The molecule has 0 saturated heterocycles. The first kappa shape index (κ1) is 17.6. The fourth-order valence-electron chi connectivity index (χ4n) is 3.27. The van der Waals surface area contributed by atoms with Crippen LogP contribution in [0.2, 0.25) is 0 Å². The van der Waals surface area contributed by atoms with E-state index in [2.05, 4.69) is 46.6 Å². The second kappa shape index (κ2) is 7.09. The average Bonchev–Trinajstić information content (AvgIpc) is 3.34. The number of hydrogen-bond donors (Lipinski definition) is 1. The molecule has 2 aromatic heterocycles. The third-order valence-electron chi connectivity index (χ3n) is 4.97. The third kappa shape index (κ3) is 3.06. The number of nitrogens with zero attached hydrogens (tertiary/aromatic N) is 3. The van der Waals surface area contributed by atoms with Crippen molar-refractivity contribution < 1.29 is 4.74 Å². The maximum Gasteiger partial charge on any atom is 0.149 e. The van der Waals surface area contributed by atoms with Gasteiger partial charge in [0.15, 0.2) is 0 Å². The summed E-state index contributed by atoms with van der Waals surface area (Å²) in [5.41, 5.74) is 6.56. The van der Waals surface area contributed by atoms with Gasteiger partial charge in [-0.3, -0.25) is 0 Å². The number of aromatic amines is 1. The standard InChI is InChI=1S/C23H20N4O/c1-15-6-4-8-22(16(15)2)27-11-5-7-18(27)12-17(14-24)23-25-20-10-9-19(28-3)13-21(20)26-23/h4-13H,1-3H3,(H,25,26)/b17-12-. The van der Waals surface area contributed by atoms with E-state index in [1.807, 2.05) is 48.7 Å². The van der Waals surface area contributed by atoms with E-state index in [0.717, 1.165) is 28.2 Å². The lowest BCUT2D eigenvalue weighted by Crippen LogP contribution is -1.99. The molecule has 2 heterocycles. The van der Waals surface area contributed by atoms with Crippen molar-refractivity contribution in [2.75, 3.05) is 7.11 Å². The van der Waals surface area contributed by atoms with Crippen molar-refractivity contribution in [3.63, 3.8) is 0 Å². The molecule has 0 radical (unpaired) electrons. The van der Waals surface area contributed by atoms with Gasteiger partial charge in [0.05, 0.1) is 23.7 Å². The average molecular weight is 368 g/mol. The minimum absolute atomic E-state index is 0.473. The van der Waals surface area contributed by atoms with Crippen molar-refractivity contribution >= 4 is 22.7 Å². The van der Waals surface area contributed by atoms with Gasteiger partial charge in [0.2, 0.25) is 0 Å². The molecule has 0 saturated carbocycles. The molecule has 0 aliphatic heterocycles. The summed E-state index contributed by atoms with van der Waals surface area (Å²) < 4.78 is 7.35. The molecule has 0 amide bonds. The number of imidazole rings is 1. The van der Waals surface area contributed by atoms with Crippen molar-refractivity contribution in [1.82, 2.24) is 14.5 Å². The van der Waals surface area contributed by atoms with Gasteiger partial charge in [-0.2, -0.15) is 5.26 Å². The molecule has 28 heavy (non-hydrogen) atoms. The first-order chi connectivity index (χ1) is 13.6. The topological polar surface area (TPSA) is 66.6 Å². The van der Waals surface area contributed by atoms with Gasteiger partial charge >= 0.3 is 0 Å². The van der Waals surface area contributed by atoms with Gasteiger partial charge in [-0.25, -0.2) is 4.98 Å². The third-order valence-corrected chi connectivity index (χ3v) is 4.97. The molecule has 1 N–H and O–H groups in total. The van der Waals surface area contributed by atoms with Gasteiger partial charge in [0, 0.05) is 23.6 Å². The first-order valence-electron chi connectivity index (χ1n) is 9.00. The highest BCUT2D eigenvalue weighted by atomic mass is 16.5. The Hall–Kier alpha value is -3.78. The minimum Gasteiger partial charge on any atom is -0.497 e. The van der Waals surface area contributed by atoms with Gasteiger partial charge in [-0.15, -0.1) is 0 Å². The fraction of sp³-hybridized carbons (Fsp3) is 0.130. The number of fused-ring (bicyclic) bond motifs is 1. The van der Waals surface area contributed by atoms with Crippen LogP contribution in [0.15, 0.2) is 54.7 Å². The predicted molar refractivity (Wildman–Crippen MR) is 111 cm³/mol. The molecule has 0 atom stereocenters. The van der Waals surface area contributed by atoms with E-state index in [9.17, 15) is 5.26 Å². The largest absolute Gasteiger partial charge is 0.497 e. The Morgan fingerprint density at radius 3 is 2.82 bits per heavy atom. The zero-order valence-electron chi connectivity index (χ0n) is 16.0. The second-order valence-corrected chi connectivity index (χ2v) is 6.66. The van der Waals surface area contributed by atoms with Gasteiger partial charge in [0.1, 0.15) is 17.6 Å². The summed E-state index contributed by atoms with van der Waals surface area (Å²) >= 11 is 0. The summed E-state index contributed by atoms with van der Waals surface area (Å²) in [7, 11) is 1.63. The summed E-state index contributed by atoms with van der Waals surface area (Å²) in [6.45, 7) is 4.21. The SMILES string of the molecule is COc1ccc2nc(/C(C#N)=C\c3cccn3-c3cccc(C)c3C)[nH]c2c1. The predicted octanol–water partition coefficient (Wildman–Crippen LogP) is 5.04. The molecular formula is C23H20N4O. The fourth-order valence-corrected chi connectivity index (χ4v) is 3.27. The number of nitrogens with one attached hydrogen (secondary N) is 1. The maximum atomic E-state index is 9.75. The molecule has 0 aliphatic rings. The molecule has 0 fully saturated rings. The summed E-state index contributed by atoms with van der Waals surface area (Å²) in [4.78, 5) is 7.79. The quantitative estimate of drug-likeness (QED) is 0.513. The van der Waals surface area contributed by atoms with E-state index in [1.54, 1.807) is 7.11 Å². The van der Waals surface area contributed by atoms with Crippen LogP contribution in [-0.4, -0.2) is 21.6 Å². The van der Waals surface area contributed by atoms with Crippen molar-refractivity contribution in [2.45, 2.75) is 13.8 Å². The number of aryl methyl sites for hydroxylation is 1. The summed E-state index contributed by atoms with van der Waals surface area (Å²) in [6, 6.07) is 18.1. The monoisotopic (exact) mass is 368 g/mol. The van der Waals surface area contributed by atoms with Crippen LogP contribution in [0.25, 0.3) is 28.4 Å². The second-order valence-electron chi connectivity index (χ2n) is 6.66. The minimum atomic E-state index is 0.473. The molecule has 4 rings (SSSR count). The first-order valence-corrected chi connectivity index (χ1v) is 9.00. The van der Waals surface area contributed by atoms with Gasteiger partial charge in [-0.05, 0) is 61.4 Å². The smallest absolute Gasteiger partial charge is 0.149 e. The van der Waals surface area contributed by atoms with E-state index in [4.69, 9.17) is 4.74 Å². The number of allylic oxidation sites excluding steroid dienone is 1. The Bertz CT molecular complexity index is 1240. The normalized spacial score (nSPS) is 11.6. The number of hydrogen-bond acceptors (Lipinski definition) is 3. The van der Waals surface area contributed by atoms with E-state index < -0.39 is 0 Å². The molecule has 5 heteroatoms. The molecule has 0 aliphatic carbocycles. The van der Waals surface area contributed by atoms with Crippen LogP contribution in [0.3, 0.4) is 0 Å². The van der Waals surface area contributed by atoms with E-state index in [0.29, 0.717) is 11.4 Å². The van der Waals surface area contributed by atoms with Gasteiger partial charge in [-0.1, -0.05) is 12.1 Å². The van der Waals surface area contributed by atoms with Crippen LogP contribution >= 0.6 is 0 Å². The lowest BCUT2D eigenvalue weighted by molar-refractivity contribution is 0.415. The molecule has 0 spiro atoms. The van der Waals surface area contributed by atoms with Crippen LogP contribution in [0.1, 0.15) is 22.6 Å². The van der Waals surface area contributed by atoms with Crippen molar-refractivity contribution in [1.29, 1.82) is 5.26 Å². The Kier molecular flexibility index (Phi) is 4.46. The van der Waals surface area contributed by atoms with Crippen LogP contribution < -0.4 is 4.74 Å². The zero-order valence-corrected chi connectivity index (χ0v) is 16.0. The molecule has 0 bridgehead atoms. The number of ether oxygens (including phenoxy) is 1. The van der Waals surface area contributed by atoms with Crippen LogP contribution in [0, 0.1) is 25.2 Å². The Morgan fingerprint density at radius 2 is 2.04 bits per heavy atom. The molecular weight excluding hydrogens is 348 g/mol. The molecule has 0 unspecified atom stereocenters. The van der Waals surface area contributed by atoms with E-state index in [1.165, 1.54) is 11.1 Å². The number of nitriles is 1. The van der Waals surface area contributed by atoms with Crippen LogP contribution in [-0.2, 0) is 0 Å². The summed E-state index contributed by atoms with van der Waals surface area (Å²) in [6.07, 6.45) is 3.86. The van der Waals surface area contributed by atoms with Gasteiger partial charge in [0.25, 0.3) is 0 Å². The number of H-pyrrole nitrogens is 1.